The van der Waals surface area contributed by atoms with Crippen molar-refractivity contribution in [1.29, 1.82) is 0 Å². The van der Waals surface area contributed by atoms with Crippen LogP contribution in [0.2, 0.25) is 0 Å². The monoisotopic (exact) mass is 221 g/mol. The van der Waals surface area contributed by atoms with Crippen molar-refractivity contribution in [2.45, 2.75) is 12.5 Å². The molecule has 2 aromatic heterocycles. The molecule has 1 nitrogen and oxygen atoms in total. The Morgan fingerprint density at radius 2 is 2.21 bits per heavy atom. The van der Waals surface area contributed by atoms with Crippen LogP contribution >= 0.6 is 22.7 Å². The van der Waals surface area contributed by atoms with Crippen LogP contribution in [0, 0.1) is 0 Å². The van der Waals surface area contributed by atoms with Gasteiger partial charge in [0.1, 0.15) is 0 Å². The van der Waals surface area contributed by atoms with Crippen molar-refractivity contribution in [2.75, 3.05) is 6.54 Å². The normalized spacial score (nSPS) is 20.7. The SMILES string of the molecule is c1csc(C2CNCc3sccc32)c1. The third kappa shape index (κ3) is 1.32. The lowest BCUT2D eigenvalue weighted by molar-refractivity contribution is 0.606. The highest BCUT2D eigenvalue weighted by molar-refractivity contribution is 7.10. The van der Waals surface area contributed by atoms with E-state index in [2.05, 4.69) is 34.3 Å². The van der Waals surface area contributed by atoms with E-state index in [0.717, 1.165) is 13.1 Å². The molecule has 0 saturated heterocycles. The second-order valence-electron chi connectivity index (χ2n) is 3.50. The molecule has 1 aliphatic heterocycles. The molecule has 0 amide bonds. The van der Waals surface area contributed by atoms with Crippen LogP contribution in [0.1, 0.15) is 21.2 Å². The summed E-state index contributed by atoms with van der Waals surface area (Å²) in [6, 6.07) is 6.66. The summed E-state index contributed by atoms with van der Waals surface area (Å²) in [7, 11) is 0. The van der Waals surface area contributed by atoms with Crippen molar-refractivity contribution in [1.82, 2.24) is 5.32 Å². The van der Waals surface area contributed by atoms with Gasteiger partial charge in [0.2, 0.25) is 0 Å². The summed E-state index contributed by atoms with van der Waals surface area (Å²) in [5, 5.41) is 7.85. The van der Waals surface area contributed by atoms with Crippen molar-refractivity contribution in [3.05, 3.63) is 44.3 Å². The van der Waals surface area contributed by atoms with E-state index in [-0.39, 0.29) is 0 Å². The summed E-state index contributed by atoms with van der Waals surface area (Å²) >= 11 is 3.73. The summed E-state index contributed by atoms with van der Waals surface area (Å²) in [6.45, 7) is 2.14. The van der Waals surface area contributed by atoms with Gasteiger partial charge in [-0.15, -0.1) is 22.7 Å². The van der Waals surface area contributed by atoms with Gasteiger partial charge in [0.05, 0.1) is 0 Å². The van der Waals surface area contributed by atoms with Gasteiger partial charge in [0.25, 0.3) is 0 Å². The minimum absolute atomic E-state index is 0.588. The predicted molar refractivity (Wildman–Crippen MR) is 62.2 cm³/mol. The van der Waals surface area contributed by atoms with Gasteiger partial charge in [0.15, 0.2) is 0 Å². The lowest BCUT2D eigenvalue weighted by Gasteiger charge is -2.22. The molecule has 3 rings (SSSR count). The Balaban J connectivity index is 2.04. The lowest BCUT2D eigenvalue weighted by Crippen LogP contribution is -2.26. The van der Waals surface area contributed by atoms with Gasteiger partial charge in [0, 0.05) is 28.8 Å². The van der Waals surface area contributed by atoms with Crippen LogP contribution in [0.4, 0.5) is 0 Å². The molecule has 3 heteroatoms. The number of nitrogens with one attached hydrogen (secondary N) is 1. The van der Waals surface area contributed by atoms with Crippen LogP contribution in [0.15, 0.2) is 29.0 Å². The molecule has 1 atom stereocenters. The molecule has 72 valence electrons. The lowest BCUT2D eigenvalue weighted by atomic mass is 9.95. The van der Waals surface area contributed by atoms with Gasteiger partial charge >= 0.3 is 0 Å². The van der Waals surface area contributed by atoms with Crippen LogP contribution in [0.3, 0.4) is 0 Å². The molecule has 0 saturated carbocycles. The quantitative estimate of drug-likeness (QED) is 0.780. The maximum Gasteiger partial charge on any atom is 0.0320 e. The molecule has 0 fully saturated rings. The summed E-state index contributed by atoms with van der Waals surface area (Å²) in [4.78, 5) is 2.99. The highest BCUT2D eigenvalue weighted by atomic mass is 32.1. The fourth-order valence-corrected chi connectivity index (χ4v) is 3.74. The molecular formula is C11H11NS2. The number of hydrogen-bond donors (Lipinski definition) is 1. The maximum absolute atomic E-state index is 3.48. The second-order valence-corrected chi connectivity index (χ2v) is 5.48. The third-order valence-corrected chi connectivity index (χ3v) is 4.60. The first-order chi connectivity index (χ1) is 6.95. The standard InChI is InChI=1S/C11H11NS2/c1-2-10(13-4-1)9-6-12-7-11-8(9)3-5-14-11/h1-5,9,12H,6-7H2. The van der Waals surface area contributed by atoms with Crippen molar-refractivity contribution < 1.29 is 0 Å². The molecule has 1 aliphatic rings. The van der Waals surface area contributed by atoms with Gasteiger partial charge < -0.3 is 5.32 Å². The third-order valence-electron chi connectivity index (χ3n) is 2.68. The zero-order valence-electron chi connectivity index (χ0n) is 7.69. The van der Waals surface area contributed by atoms with Gasteiger partial charge in [-0.3, -0.25) is 0 Å². The minimum Gasteiger partial charge on any atom is -0.311 e. The first-order valence-electron chi connectivity index (χ1n) is 4.75. The van der Waals surface area contributed by atoms with Crippen molar-refractivity contribution in [2.24, 2.45) is 0 Å². The van der Waals surface area contributed by atoms with E-state index >= 15 is 0 Å². The predicted octanol–water partition coefficient (Wildman–Crippen LogP) is 3.04. The van der Waals surface area contributed by atoms with Crippen LogP contribution < -0.4 is 5.32 Å². The van der Waals surface area contributed by atoms with Crippen LogP contribution in [0.25, 0.3) is 0 Å². The Bertz CT molecular complexity index is 416. The molecule has 2 aromatic rings. The molecule has 1 unspecified atom stereocenters. The highest BCUT2D eigenvalue weighted by Crippen LogP contribution is 2.34. The van der Waals surface area contributed by atoms with Crippen molar-refractivity contribution >= 4 is 22.7 Å². The Morgan fingerprint density at radius 3 is 3.07 bits per heavy atom. The van der Waals surface area contributed by atoms with E-state index in [0.29, 0.717) is 5.92 Å². The average Bonchev–Trinajstić information content (AvgIpc) is 2.88. The fourth-order valence-electron chi connectivity index (χ4n) is 1.99. The van der Waals surface area contributed by atoms with Crippen LogP contribution in [-0.4, -0.2) is 6.54 Å². The number of fused-ring (bicyclic) bond motifs is 1. The Hall–Kier alpha value is -0.640. The minimum atomic E-state index is 0.588. The summed E-state index contributed by atoms with van der Waals surface area (Å²) in [6.07, 6.45) is 0. The molecular weight excluding hydrogens is 210 g/mol. The largest absolute Gasteiger partial charge is 0.311 e. The van der Waals surface area contributed by atoms with Crippen molar-refractivity contribution in [3.8, 4) is 0 Å². The molecule has 0 bridgehead atoms. The maximum atomic E-state index is 3.48. The molecule has 14 heavy (non-hydrogen) atoms. The van der Waals surface area contributed by atoms with Crippen LogP contribution in [0.5, 0.6) is 0 Å². The second kappa shape index (κ2) is 3.50. The van der Waals surface area contributed by atoms with E-state index in [1.165, 1.54) is 15.3 Å². The van der Waals surface area contributed by atoms with Gasteiger partial charge in [-0.05, 0) is 28.5 Å². The first-order valence-corrected chi connectivity index (χ1v) is 6.51. The Morgan fingerprint density at radius 1 is 1.21 bits per heavy atom. The molecule has 0 radical (unpaired) electrons. The van der Waals surface area contributed by atoms with Crippen LogP contribution in [-0.2, 0) is 6.54 Å². The average molecular weight is 221 g/mol. The van der Waals surface area contributed by atoms with E-state index in [9.17, 15) is 0 Å². The topological polar surface area (TPSA) is 12.0 Å². The smallest absolute Gasteiger partial charge is 0.0320 e. The van der Waals surface area contributed by atoms with E-state index in [1.807, 2.05) is 22.7 Å². The number of hydrogen-bond acceptors (Lipinski definition) is 3. The van der Waals surface area contributed by atoms with E-state index in [1.54, 1.807) is 0 Å². The first kappa shape index (κ1) is 8.65. The number of rotatable bonds is 1. The Kier molecular flexibility index (Phi) is 2.16. The Labute approximate surface area is 91.4 Å². The molecule has 1 N–H and O–H groups in total. The molecule has 0 aromatic carbocycles. The van der Waals surface area contributed by atoms with Gasteiger partial charge in [-0.1, -0.05) is 6.07 Å². The highest BCUT2D eigenvalue weighted by Gasteiger charge is 2.22. The molecule has 3 heterocycles. The zero-order chi connectivity index (χ0) is 9.38. The summed E-state index contributed by atoms with van der Waals surface area (Å²) in [5.41, 5.74) is 1.54. The fraction of sp³-hybridized carbons (Fsp3) is 0.273. The van der Waals surface area contributed by atoms with Gasteiger partial charge in [-0.25, -0.2) is 0 Å². The summed E-state index contributed by atoms with van der Waals surface area (Å²) < 4.78 is 0. The molecule has 0 spiro atoms. The molecule has 0 aliphatic carbocycles. The summed E-state index contributed by atoms with van der Waals surface area (Å²) in [5.74, 6) is 0.588. The van der Waals surface area contributed by atoms with Crippen molar-refractivity contribution in [3.63, 3.8) is 0 Å². The number of thiophene rings is 2. The van der Waals surface area contributed by atoms with E-state index < -0.39 is 0 Å². The van der Waals surface area contributed by atoms with Gasteiger partial charge in [-0.2, -0.15) is 0 Å². The zero-order valence-corrected chi connectivity index (χ0v) is 9.33. The van der Waals surface area contributed by atoms with E-state index in [4.69, 9.17) is 0 Å².